The third-order valence-electron chi connectivity index (χ3n) is 3.78. The predicted molar refractivity (Wildman–Crippen MR) is 73.9 cm³/mol. The lowest BCUT2D eigenvalue weighted by molar-refractivity contribution is 0.820. The van der Waals surface area contributed by atoms with E-state index in [4.69, 9.17) is 10.7 Å². The first kappa shape index (κ1) is 11.3. The van der Waals surface area contributed by atoms with Crippen LogP contribution in [0.25, 0.3) is 16.8 Å². The number of hydrogen-bond donors (Lipinski definition) is 1. The summed E-state index contributed by atoms with van der Waals surface area (Å²) in [7, 11) is 2.05. The molecule has 0 saturated heterocycles. The number of aromatic nitrogens is 3. The van der Waals surface area contributed by atoms with Crippen LogP contribution < -0.4 is 5.73 Å². The molecule has 0 radical (unpaired) electrons. The molecule has 2 N–H and O–H groups in total. The van der Waals surface area contributed by atoms with E-state index in [-0.39, 0.29) is 0 Å². The molecular weight excluding hydrogens is 224 g/mol. The lowest BCUT2D eigenvalue weighted by Gasteiger charge is -2.01. The molecule has 18 heavy (non-hydrogen) atoms. The first-order valence-electron chi connectivity index (χ1n) is 6.26. The molecule has 0 saturated carbocycles. The third kappa shape index (κ3) is 1.39. The molecule has 0 aliphatic rings. The number of fused-ring (bicyclic) bond motifs is 3. The minimum Gasteiger partial charge on any atom is -0.330 e. The number of hydrogen-bond acceptors (Lipinski definition) is 2. The van der Waals surface area contributed by atoms with Crippen LogP contribution in [0.15, 0.2) is 18.3 Å². The summed E-state index contributed by atoms with van der Waals surface area (Å²) in [6.07, 6.45) is 3.03. The first-order valence-corrected chi connectivity index (χ1v) is 6.26. The van der Waals surface area contributed by atoms with E-state index in [0.717, 1.165) is 17.7 Å². The van der Waals surface area contributed by atoms with Gasteiger partial charge >= 0.3 is 0 Å². The highest BCUT2D eigenvalue weighted by Crippen LogP contribution is 2.23. The molecular formula is C14H18N4. The van der Waals surface area contributed by atoms with E-state index < -0.39 is 0 Å². The minimum absolute atomic E-state index is 0.664. The van der Waals surface area contributed by atoms with E-state index in [0.29, 0.717) is 6.54 Å². The summed E-state index contributed by atoms with van der Waals surface area (Å²) in [4.78, 5) is 4.76. The molecule has 2 heterocycles. The van der Waals surface area contributed by atoms with Gasteiger partial charge in [-0.2, -0.15) is 0 Å². The monoisotopic (exact) mass is 242 g/mol. The summed E-state index contributed by atoms with van der Waals surface area (Å²) in [5.41, 5.74) is 11.7. The molecule has 0 atom stereocenters. The fraction of sp³-hybridized carbons (Fsp3) is 0.357. The van der Waals surface area contributed by atoms with Crippen LogP contribution in [0.2, 0.25) is 0 Å². The van der Waals surface area contributed by atoms with E-state index in [2.05, 4.69) is 41.1 Å². The van der Waals surface area contributed by atoms with Crippen molar-refractivity contribution in [3.05, 3.63) is 35.2 Å². The zero-order chi connectivity index (χ0) is 12.9. The van der Waals surface area contributed by atoms with Crippen molar-refractivity contribution in [2.45, 2.75) is 20.3 Å². The highest BCUT2D eigenvalue weighted by Gasteiger charge is 2.13. The molecule has 4 nitrogen and oxygen atoms in total. The van der Waals surface area contributed by atoms with Crippen molar-refractivity contribution in [2.75, 3.05) is 6.54 Å². The maximum atomic E-state index is 5.63. The van der Waals surface area contributed by atoms with Gasteiger partial charge in [0.25, 0.3) is 0 Å². The molecule has 0 aliphatic heterocycles. The molecule has 0 unspecified atom stereocenters. The zero-order valence-corrected chi connectivity index (χ0v) is 11.1. The van der Waals surface area contributed by atoms with Gasteiger partial charge in [-0.15, -0.1) is 0 Å². The van der Waals surface area contributed by atoms with Crippen LogP contribution in [-0.2, 0) is 13.5 Å². The van der Waals surface area contributed by atoms with Crippen molar-refractivity contribution in [1.29, 1.82) is 0 Å². The van der Waals surface area contributed by atoms with E-state index in [9.17, 15) is 0 Å². The number of nitrogens with two attached hydrogens (primary N) is 1. The van der Waals surface area contributed by atoms with E-state index in [1.165, 1.54) is 22.3 Å². The summed E-state index contributed by atoms with van der Waals surface area (Å²) in [5.74, 6) is 0.988. The van der Waals surface area contributed by atoms with Gasteiger partial charge in [0, 0.05) is 25.4 Å². The maximum Gasteiger partial charge on any atom is 0.214 e. The fourth-order valence-corrected chi connectivity index (χ4v) is 2.49. The molecule has 0 fully saturated rings. The van der Waals surface area contributed by atoms with Crippen molar-refractivity contribution in [3.63, 3.8) is 0 Å². The zero-order valence-electron chi connectivity index (χ0n) is 11.1. The Morgan fingerprint density at radius 3 is 2.78 bits per heavy atom. The topological polar surface area (TPSA) is 48.2 Å². The minimum atomic E-state index is 0.664. The number of imidazole rings is 2. The summed E-state index contributed by atoms with van der Waals surface area (Å²) in [6.45, 7) is 4.92. The Morgan fingerprint density at radius 2 is 2.06 bits per heavy atom. The number of nitrogens with zero attached hydrogens (tertiary/aromatic N) is 3. The molecule has 0 spiro atoms. The van der Waals surface area contributed by atoms with E-state index in [1.54, 1.807) is 0 Å². The van der Waals surface area contributed by atoms with Crippen LogP contribution in [0.3, 0.4) is 0 Å². The van der Waals surface area contributed by atoms with Gasteiger partial charge in [0.2, 0.25) is 5.78 Å². The summed E-state index contributed by atoms with van der Waals surface area (Å²) in [5, 5.41) is 0. The Kier molecular flexibility index (Phi) is 2.41. The van der Waals surface area contributed by atoms with Crippen LogP contribution in [0.1, 0.15) is 16.8 Å². The Morgan fingerprint density at radius 1 is 1.28 bits per heavy atom. The highest BCUT2D eigenvalue weighted by atomic mass is 15.2. The Hall–Kier alpha value is -1.81. The highest BCUT2D eigenvalue weighted by molar-refractivity contribution is 5.83. The predicted octanol–water partition coefficient (Wildman–Crippen LogP) is 1.94. The van der Waals surface area contributed by atoms with Gasteiger partial charge in [-0.1, -0.05) is 6.07 Å². The number of benzene rings is 1. The molecule has 0 amide bonds. The summed E-state index contributed by atoms with van der Waals surface area (Å²) in [6, 6.07) is 4.30. The van der Waals surface area contributed by atoms with Crippen LogP contribution in [-0.4, -0.2) is 20.5 Å². The lowest BCUT2D eigenvalue weighted by atomic mass is 10.1. The van der Waals surface area contributed by atoms with Crippen molar-refractivity contribution >= 4 is 16.8 Å². The molecule has 4 heteroatoms. The van der Waals surface area contributed by atoms with Crippen molar-refractivity contribution in [3.8, 4) is 0 Å². The number of rotatable bonds is 2. The molecule has 3 rings (SSSR count). The quantitative estimate of drug-likeness (QED) is 0.746. The second-order valence-electron chi connectivity index (χ2n) is 4.88. The Balaban J connectivity index is 2.37. The fourth-order valence-electron chi connectivity index (χ4n) is 2.49. The van der Waals surface area contributed by atoms with Crippen molar-refractivity contribution in [2.24, 2.45) is 12.8 Å². The van der Waals surface area contributed by atoms with Crippen molar-refractivity contribution < 1.29 is 0 Å². The summed E-state index contributed by atoms with van der Waals surface area (Å²) >= 11 is 0. The van der Waals surface area contributed by atoms with Gasteiger partial charge in [0.1, 0.15) is 0 Å². The van der Waals surface area contributed by atoms with Crippen LogP contribution >= 0.6 is 0 Å². The second kappa shape index (κ2) is 3.85. The normalized spacial score (nSPS) is 11.8. The standard InChI is InChI=1S/C14H18N4/c1-9-4-5-12-13(10(9)2)16-14-17(3)11(6-7-15)8-18(12)14/h4-5,8H,6-7,15H2,1-3H3. The Labute approximate surface area is 106 Å². The van der Waals surface area contributed by atoms with E-state index in [1.807, 2.05) is 7.05 Å². The largest absolute Gasteiger partial charge is 0.330 e. The maximum absolute atomic E-state index is 5.63. The third-order valence-corrected chi connectivity index (χ3v) is 3.78. The molecule has 3 aromatic rings. The average molecular weight is 242 g/mol. The summed E-state index contributed by atoms with van der Waals surface area (Å²) < 4.78 is 4.29. The molecule has 0 aliphatic carbocycles. The van der Waals surface area contributed by atoms with E-state index >= 15 is 0 Å². The lowest BCUT2D eigenvalue weighted by Crippen LogP contribution is -2.06. The van der Waals surface area contributed by atoms with Gasteiger partial charge in [-0.3, -0.25) is 4.40 Å². The first-order chi connectivity index (χ1) is 8.63. The van der Waals surface area contributed by atoms with Crippen LogP contribution in [0, 0.1) is 13.8 Å². The number of aryl methyl sites for hydroxylation is 3. The average Bonchev–Trinajstić information content (AvgIpc) is 2.85. The molecule has 0 bridgehead atoms. The van der Waals surface area contributed by atoms with Gasteiger partial charge < -0.3 is 10.3 Å². The van der Waals surface area contributed by atoms with Crippen molar-refractivity contribution in [1.82, 2.24) is 14.0 Å². The van der Waals surface area contributed by atoms with Gasteiger partial charge in [-0.25, -0.2) is 4.98 Å². The van der Waals surface area contributed by atoms with Gasteiger partial charge in [0.05, 0.1) is 11.0 Å². The second-order valence-corrected chi connectivity index (χ2v) is 4.88. The van der Waals surface area contributed by atoms with Gasteiger partial charge in [0.15, 0.2) is 0 Å². The SMILES string of the molecule is Cc1ccc2c(nc3n(C)c(CCN)cn23)c1C. The molecule has 94 valence electrons. The van der Waals surface area contributed by atoms with Crippen LogP contribution in [0.5, 0.6) is 0 Å². The van der Waals surface area contributed by atoms with Crippen LogP contribution in [0.4, 0.5) is 0 Å². The molecule has 1 aromatic carbocycles. The molecule has 2 aromatic heterocycles. The Bertz CT molecular complexity index is 733. The smallest absolute Gasteiger partial charge is 0.214 e. The van der Waals surface area contributed by atoms with Gasteiger partial charge in [-0.05, 0) is 37.6 Å².